The summed E-state index contributed by atoms with van der Waals surface area (Å²) in [6, 6.07) is 24.5. The van der Waals surface area contributed by atoms with Gasteiger partial charge in [-0.3, -0.25) is 0 Å². The number of fused-ring (bicyclic) bond motifs is 1. The zero-order valence-electron chi connectivity index (χ0n) is 13.4. The second-order valence-electron chi connectivity index (χ2n) is 5.89. The van der Waals surface area contributed by atoms with Crippen LogP contribution in [0.15, 0.2) is 79.0 Å². The topological polar surface area (TPSA) is 37.5 Å². The number of hydrogen-bond acceptors (Lipinski definition) is 2. The predicted molar refractivity (Wildman–Crippen MR) is 96.7 cm³/mol. The fraction of sp³-hybridized carbons (Fsp3) is 0.0952. The third-order valence-corrected chi connectivity index (χ3v) is 4.23. The van der Waals surface area contributed by atoms with Crippen LogP contribution in [-0.2, 0) is 0 Å². The highest BCUT2D eigenvalue weighted by molar-refractivity contribution is 5.71. The molecular formula is C21H18N2O. The Morgan fingerprint density at radius 3 is 2.12 bits per heavy atom. The van der Waals surface area contributed by atoms with Gasteiger partial charge >= 0.3 is 0 Å². The Morgan fingerprint density at radius 2 is 1.42 bits per heavy atom. The fourth-order valence-corrected chi connectivity index (χ4v) is 3.08. The Bertz CT molecular complexity index is 970. The van der Waals surface area contributed by atoms with Gasteiger partial charge in [0.2, 0.25) is 0 Å². The van der Waals surface area contributed by atoms with Gasteiger partial charge in [-0.2, -0.15) is 0 Å². The van der Waals surface area contributed by atoms with Crippen molar-refractivity contribution in [1.29, 1.82) is 0 Å². The molecule has 1 N–H and O–H groups in total. The van der Waals surface area contributed by atoms with E-state index in [4.69, 9.17) is 4.98 Å². The molecule has 0 radical (unpaired) electrons. The zero-order valence-corrected chi connectivity index (χ0v) is 13.4. The average molecular weight is 314 g/mol. The summed E-state index contributed by atoms with van der Waals surface area (Å²) in [6.45, 7) is 1.78. The molecule has 0 saturated heterocycles. The molecule has 0 aliphatic rings. The second-order valence-corrected chi connectivity index (χ2v) is 5.89. The number of benzene rings is 2. The van der Waals surface area contributed by atoms with Crippen molar-refractivity contribution in [1.82, 2.24) is 9.38 Å². The van der Waals surface area contributed by atoms with Crippen molar-refractivity contribution in [2.75, 3.05) is 0 Å². The Hall–Kier alpha value is -2.91. The van der Waals surface area contributed by atoms with E-state index in [1.807, 2.05) is 47.0 Å². The first-order valence-electron chi connectivity index (χ1n) is 8.05. The summed E-state index contributed by atoms with van der Waals surface area (Å²) in [5, 5.41) is 10.2. The number of hydrogen-bond donors (Lipinski definition) is 1. The molecule has 4 rings (SSSR count). The number of aliphatic hydroxyl groups excluding tert-OH is 1. The van der Waals surface area contributed by atoms with E-state index < -0.39 is 6.10 Å². The highest BCUT2D eigenvalue weighted by Crippen LogP contribution is 2.30. The summed E-state index contributed by atoms with van der Waals surface area (Å²) < 4.78 is 1.95. The Balaban J connectivity index is 1.82. The number of pyridine rings is 1. The highest BCUT2D eigenvalue weighted by Gasteiger charge is 2.17. The van der Waals surface area contributed by atoms with Crippen molar-refractivity contribution in [3.8, 4) is 22.4 Å². The lowest BCUT2D eigenvalue weighted by atomic mass is 10.0. The first-order chi connectivity index (χ1) is 11.7. The number of aromatic nitrogens is 2. The molecule has 3 nitrogen and oxygen atoms in total. The minimum absolute atomic E-state index is 0.591. The van der Waals surface area contributed by atoms with Crippen molar-refractivity contribution in [2.45, 2.75) is 13.0 Å². The highest BCUT2D eigenvalue weighted by atomic mass is 16.3. The molecule has 1 atom stereocenters. The van der Waals surface area contributed by atoms with Gasteiger partial charge in [-0.15, -0.1) is 0 Å². The molecule has 0 saturated carbocycles. The van der Waals surface area contributed by atoms with Crippen LogP contribution in [0.2, 0.25) is 0 Å². The number of imidazole rings is 1. The smallest absolute Gasteiger partial charge is 0.137 e. The molecule has 24 heavy (non-hydrogen) atoms. The summed E-state index contributed by atoms with van der Waals surface area (Å²) in [7, 11) is 0. The molecule has 0 amide bonds. The Morgan fingerprint density at radius 1 is 0.792 bits per heavy atom. The standard InChI is InChI=1S/C21H18N2O/c1-15(24)21-20(22-19-9-5-6-14-23(19)21)18-12-10-17(11-13-18)16-7-3-2-4-8-16/h2-15,24H,1H3. The van der Waals surface area contributed by atoms with Gasteiger partial charge in [0, 0.05) is 11.8 Å². The van der Waals surface area contributed by atoms with E-state index in [9.17, 15) is 5.11 Å². The molecule has 3 heteroatoms. The molecule has 118 valence electrons. The molecule has 2 aromatic heterocycles. The molecule has 0 fully saturated rings. The number of rotatable bonds is 3. The van der Waals surface area contributed by atoms with Gasteiger partial charge < -0.3 is 9.51 Å². The van der Waals surface area contributed by atoms with Crippen LogP contribution < -0.4 is 0 Å². The lowest BCUT2D eigenvalue weighted by Crippen LogP contribution is -1.99. The Labute approximate surface area is 140 Å². The van der Waals surface area contributed by atoms with Crippen LogP contribution in [-0.4, -0.2) is 14.5 Å². The minimum atomic E-state index is -0.591. The van der Waals surface area contributed by atoms with Gasteiger partial charge in [-0.25, -0.2) is 4.98 Å². The molecular weight excluding hydrogens is 296 g/mol. The lowest BCUT2D eigenvalue weighted by molar-refractivity contribution is 0.194. The summed E-state index contributed by atoms with van der Waals surface area (Å²) in [5.74, 6) is 0. The van der Waals surface area contributed by atoms with Gasteiger partial charge in [0.05, 0.1) is 17.5 Å². The van der Waals surface area contributed by atoms with Crippen molar-refractivity contribution < 1.29 is 5.11 Å². The third-order valence-electron chi connectivity index (χ3n) is 4.23. The monoisotopic (exact) mass is 314 g/mol. The lowest BCUT2D eigenvalue weighted by Gasteiger charge is -2.08. The van der Waals surface area contributed by atoms with Crippen molar-refractivity contribution in [2.24, 2.45) is 0 Å². The first kappa shape index (κ1) is 14.7. The molecule has 4 aromatic rings. The van der Waals surface area contributed by atoms with Crippen LogP contribution in [0.1, 0.15) is 18.7 Å². The van der Waals surface area contributed by atoms with Crippen LogP contribution in [0.5, 0.6) is 0 Å². The second kappa shape index (κ2) is 5.95. The summed E-state index contributed by atoms with van der Waals surface area (Å²) in [5.41, 5.74) is 5.86. The maximum absolute atomic E-state index is 10.2. The maximum Gasteiger partial charge on any atom is 0.137 e. The summed E-state index contributed by atoms with van der Waals surface area (Å²) in [6.07, 6.45) is 1.35. The van der Waals surface area contributed by atoms with Crippen LogP contribution >= 0.6 is 0 Å². The number of aliphatic hydroxyl groups is 1. The molecule has 0 bridgehead atoms. The van der Waals surface area contributed by atoms with Crippen LogP contribution in [0.4, 0.5) is 0 Å². The van der Waals surface area contributed by atoms with E-state index in [0.29, 0.717) is 0 Å². The van der Waals surface area contributed by atoms with E-state index >= 15 is 0 Å². The molecule has 2 aromatic carbocycles. The van der Waals surface area contributed by atoms with E-state index in [1.165, 1.54) is 11.1 Å². The number of nitrogens with zero attached hydrogens (tertiary/aromatic N) is 2. The van der Waals surface area contributed by atoms with Gasteiger partial charge in [-0.05, 0) is 30.2 Å². The normalized spacial score (nSPS) is 12.4. The van der Waals surface area contributed by atoms with Crippen LogP contribution in [0, 0.1) is 0 Å². The maximum atomic E-state index is 10.2. The van der Waals surface area contributed by atoms with Crippen LogP contribution in [0.25, 0.3) is 28.0 Å². The summed E-state index contributed by atoms with van der Waals surface area (Å²) >= 11 is 0. The van der Waals surface area contributed by atoms with Crippen molar-refractivity contribution >= 4 is 5.65 Å². The predicted octanol–water partition coefficient (Wildman–Crippen LogP) is 4.72. The van der Waals surface area contributed by atoms with E-state index in [-0.39, 0.29) is 0 Å². The van der Waals surface area contributed by atoms with Crippen molar-refractivity contribution in [3.63, 3.8) is 0 Å². The molecule has 1 unspecified atom stereocenters. The zero-order chi connectivity index (χ0) is 16.5. The van der Waals surface area contributed by atoms with Crippen molar-refractivity contribution in [3.05, 3.63) is 84.7 Å². The SMILES string of the molecule is CC(O)c1c(-c2ccc(-c3ccccc3)cc2)nc2ccccn12. The largest absolute Gasteiger partial charge is 0.387 e. The Kier molecular flexibility index (Phi) is 3.63. The third kappa shape index (κ3) is 2.49. The van der Waals surface area contributed by atoms with Gasteiger partial charge in [0.1, 0.15) is 5.65 Å². The van der Waals surface area contributed by atoms with E-state index in [2.05, 4.69) is 36.4 Å². The van der Waals surface area contributed by atoms with Crippen LogP contribution in [0.3, 0.4) is 0 Å². The quantitative estimate of drug-likeness (QED) is 0.594. The van der Waals surface area contributed by atoms with E-state index in [0.717, 1.165) is 22.6 Å². The molecule has 0 spiro atoms. The molecule has 0 aliphatic carbocycles. The first-order valence-corrected chi connectivity index (χ1v) is 8.05. The molecule has 2 heterocycles. The summed E-state index contributed by atoms with van der Waals surface area (Å²) in [4.78, 5) is 4.71. The van der Waals surface area contributed by atoms with Gasteiger partial charge in [-0.1, -0.05) is 60.7 Å². The average Bonchev–Trinajstić information content (AvgIpc) is 3.02. The fourth-order valence-electron chi connectivity index (χ4n) is 3.08. The minimum Gasteiger partial charge on any atom is -0.387 e. The van der Waals surface area contributed by atoms with Gasteiger partial charge in [0.15, 0.2) is 0 Å². The van der Waals surface area contributed by atoms with Gasteiger partial charge in [0.25, 0.3) is 0 Å². The molecule has 0 aliphatic heterocycles. The van der Waals surface area contributed by atoms with E-state index in [1.54, 1.807) is 6.92 Å².